The van der Waals surface area contributed by atoms with Gasteiger partial charge in [-0.3, -0.25) is 9.89 Å². The first-order valence-electron chi connectivity index (χ1n) is 7.68. The molecule has 0 spiro atoms. The van der Waals surface area contributed by atoms with Crippen LogP contribution in [-0.4, -0.2) is 15.7 Å². The van der Waals surface area contributed by atoms with Crippen molar-refractivity contribution < 1.29 is 9.90 Å². The molecule has 0 aliphatic heterocycles. The molecule has 8 heteroatoms. The number of azo groups is 1. The number of nitrogens with one attached hydrogen (secondary N) is 1. The average molecular weight is 370 g/mol. The van der Waals surface area contributed by atoms with Crippen molar-refractivity contribution in [2.45, 2.75) is 13.8 Å². The molecule has 132 valence electrons. The Balaban J connectivity index is 1.96. The van der Waals surface area contributed by atoms with Crippen LogP contribution in [0.15, 0.2) is 57.5 Å². The van der Waals surface area contributed by atoms with E-state index in [4.69, 9.17) is 11.6 Å². The highest BCUT2D eigenvalue weighted by atomic mass is 35.5. The molecule has 7 nitrogen and oxygen atoms in total. The number of rotatable bonds is 4. The van der Waals surface area contributed by atoms with Crippen LogP contribution in [0.25, 0.3) is 5.69 Å². The minimum Gasteiger partial charge on any atom is -0.545 e. The van der Waals surface area contributed by atoms with E-state index in [1.54, 1.807) is 19.1 Å². The monoisotopic (exact) mass is 369 g/mol. The van der Waals surface area contributed by atoms with Crippen LogP contribution < -0.4 is 10.7 Å². The van der Waals surface area contributed by atoms with Crippen molar-refractivity contribution in [3.05, 3.63) is 74.7 Å². The number of carbonyl (C=O) groups is 1. The summed E-state index contributed by atoms with van der Waals surface area (Å²) in [6, 6.07) is 11.1. The number of aromatic carboxylic acids is 1. The fourth-order valence-corrected chi connectivity index (χ4v) is 2.65. The Morgan fingerprint density at radius 3 is 2.42 bits per heavy atom. The number of halogens is 1. The summed E-state index contributed by atoms with van der Waals surface area (Å²) in [5, 5.41) is 22.2. The van der Waals surface area contributed by atoms with E-state index < -0.39 is 11.5 Å². The fourth-order valence-electron chi connectivity index (χ4n) is 2.38. The highest BCUT2D eigenvalue weighted by Gasteiger charge is 2.12. The lowest BCUT2D eigenvalue weighted by Gasteiger charge is -2.04. The molecule has 2 aromatic carbocycles. The maximum atomic E-state index is 12.6. The van der Waals surface area contributed by atoms with Crippen molar-refractivity contribution in [1.29, 1.82) is 0 Å². The molecule has 0 bridgehead atoms. The van der Waals surface area contributed by atoms with Gasteiger partial charge >= 0.3 is 0 Å². The van der Waals surface area contributed by atoms with Gasteiger partial charge in [0.25, 0.3) is 5.56 Å². The Hall–Kier alpha value is -3.19. The lowest BCUT2D eigenvalue weighted by molar-refractivity contribution is -0.255. The summed E-state index contributed by atoms with van der Waals surface area (Å²) in [5.74, 6) is -1.28. The molecule has 1 heterocycles. The van der Waals surface area contributed by atoms with Gasteiger partial charge in [0.1, 0.15) is 5.69 Å². The third-order valence-corrected chi connectivity index (χ3v) is 4.07. The van der Waals surface area contributed by atoms with E-state index in [-0.39, 0.29) is 11.3 Å². The standard InChI is InChI=1S/C18H15ClN4O3/c1-10-3-8-15(14(19)9-10)20-21-16-11(2)22-23(17(16)24)13-6-4-12(5-7-13)18(25)26/h3-9,22H,1-2H3,(H,25,26)/p-1. The van der Waals surface area contributed by atoms with Gasteiger partial charge in [-0.05, 0) is 49.2 Å². The van der Waals surface area contributed by atoms with E-state index in [1.807, 2.05) is 13.0 Å². The summed E-state index contributed by atoms with van der Waals surface area (Å²) < 4.78 is 1.26. The largest absolute Gasteiger partial charge is 0.545 e. The zero-order valence-corrected chi connectivity index (χ0v) is 14.7. The number of aryl methyl sites for hydroxylation is 2. The van der Waals surface area contributed by atoms with Crippen molar-refractivity contribution in [2.75, 3.05) is 0 Å². The van der Waals surface area contributed by atoms with E-state index in [1.165, 1.54) is 28.9 Å². The summed E-state index contributed by atoms with van der Waals surface area (Å²) in [5.41, 5.74) is 2.21. The van der Waals surface area contributed by atoms with Crippen molar-refractivity contribution in [1.82, 2.24) is 9.78 Å². The zero-order chi connectivity index (χ0) is 18.8. The van der Waals surface area contributed by atoms with Gasteiger partial charge in [-0.25, -0.2) is 4.68 Å². The maximum Gasteiger partial charge on any atom is 0.299 e. The number of aromatic nitrogens is 2. The molecule has 0 amide bonds. The van der Waals surface area contributed by atoms with Gasteiger partial charge in [-0.15, -0.1) is 10.2 Å². The quantitative estimate of drug-likeness (QED) is 0.714. The topological polar surface area (TPSA) is 103 Å². The molecule has 0 saturated carbocycles. The number of hydrogen-bond donors (Lipinski definition) is 1. The number of nitrogens with zero attached hydrogens (tertiary/aromatic N) is 3. The molecule has 3 rings (SSSR count). The molecule has 0 aliphatic rings. The summed E-state index contributed by atoms with van der Waals surface area (Å²) >= 11 is 6.12. The first-order valence-corrected chi connectivity index (χ1v) is 8.06. The highest BCUT2D eigenvalue weighted by molar-refractivity contribution is 6.33. The van der Waals surface area contributed by atoms with E-state index in [2.05, 4.69) is 15.3 Å². The van der Waals surface area contributed by atoms with Crippen molar-refractivity contribution >= 4 is 28.9 Å². The van der Waals surface area contributed by atoms with E-state index in [0.29, 0.717) is 22.1 Å². The second-order valence-electron chi connectivity index (χ2n) is 5.72. The number of H-pyrrole nitrogens is 1. The number of hydrogen-bond acceptors (Lipinski definition) is 5. The predicted molar refractivity (Wildman–Crippen MR) is 95.8 cm³/mol. The SMILES string of the molecule is Cc1ccc(N=Nc2c(C)[nH]n(-c3ccc(C(=O)[O-])cc3)c2=O)c(Cl)c1. The van der Waals surface area contributed by atoms with Crippen molar-refractivity contribution in [2.24, 2.45) is 10.2 Å². The molecule has 26 heavy (non-hydrogen) atoms. The van der Waals surface area contributed by atoms with Crippen LogP contribution in [0, 0.1) is 13.8 Å². The number of benzene rings is 2. The highest BCUT2D eigenvalue weighted by Crippen LogP contribution is 2.27. The molecular weight excluding hydrogens is 356 g/mol. The van der Waals surface area contributed by atoms with Crippen LogP contribution in [0.3, 0.4) is 0 Å². The normalized spacial score (nSPS) is 11.2. The van der Waals surface area contributed by atoms with Crippen LogP contribution >= 0.6 is 11.6 Å². The molecule has 1 aromatic heterocycles. The second kappa shape index (κ2) is 6.97. The van der Waals surface area contributed by atoms with Crippen LogP contribution in [0.5, 0.6) is 0 Å². The summed E-state index contributed by atoms with van der Waals surface area (Å²) in [7, 11) is 0. The van der Waals surface area contributed by atoms with E-state index in [0.717, 1.165) is 5.56 Å². The van der Waals surface area contributed by atoms with Crippen molar-refractivity contribution in [3.63, 3.8) is 0 Å². The first-order chi connectivity index (χ1) is 12.4. The van der Waals surface area contributed by atoms with E-state index >= 15 is 0 Å². The summed E-state index contributed by atoms with van der Waals surface area (Å²) in [4.78, 5) is 23.4. The molecule has 0 unspecified atom stereocenters. The van der Waals surface area contributed by atoms with Gasteiger partial charge in [0.2, 0.25) is 0 Å². The Labute approximate surface area is 153 Å². The summed E-state index contributed by atoms with van der Waals surface area (Å²) in [6.45, 7) is 3.60. The number of aromatic amines is 1. The number of carbonyl (C=O) groups excluding carboxylic acids is 1. The predicted octanol–water partition coefficient (Wildman–Crippen LogP) is 3.21. The van der Waals surface area contributed by atoms with Gasteiger partial charge in [0, 0.05) is 0 Å². The Kier molecular flexibility index (Phi) is 4.73. The van der Waals surface area contributed by atoms with Gasteiger partial charge in [0.05, 0.1) is 22.4 Å². The summed E-state index contributed by atoms with van der Waals surface area (Å²) in [6.07, 6.45) is 0. The molecular formula is C18H14ClN4O3-. The Morgan fingerprint density at radius 1 is 1.12 bits per heavy atom. The minimum absolute atomic E-state index is 0.0269. The molecule has 0 fully saturated rings. The molecule has 0 aliphatic carbocycles. The number of carboxylic acids is 1. The van der Waals surface area contributed by atoms with Gasteiger partial charge in [0.15, 0.2) is 5.69 Å². The zero-order valence-electron chi connectivity index (χ0n) is 14.0. The van der Waals surface area contributed by atoms with Gasteiger partial charge < -0.3 is 9.90 Å². The second-order valence-corrected chi connectivity index (χ2v) is 6.12. The Bertz CT molecular complexity index is 1070. The smallest absolute Gasteiger partial charge is 0.299 e. The lowest BCUT2D eigenvalue weighted by Crippen LogP contribution is -2.22. The van der Waals surface area contributed by atoms with Crippen LogP contribution in [-0.2, 0) is 0 Å². The maximum absolute atomic E-state index is 12.6. The first kappa shape index (κ1) is 17.6. The van der Waals surface area contributed by atoms with Crippen LogP contribution in [0.4, 0.5) is 11.4 Å². The molecule has 0 radical (unpaired) electrons. The fraction of sp³-hybridized carbons (Fsp3) is 0.111. The lowest BCUT2D eigenvalue weighted by atomic mass is 10.2. The third-order valence-electron chi connectivity index (χ3n) is 3.76. The minimum atomic E-state index is -1.28. The van der Waals surface area contributed by atoms with E-state index in [9.17, 15) is 14.7 Å². The average Bonchev–Trinajstić information content (AvgIpc) is 2.89. The Morgan fingerprint density at radius 2 is 1.81 bits per heavy atom. The number of carboxylic acid groups (broad SMARTS) is 1. The molecule has 0 saturated heterocycles. The molecule has 0 atom stereocenters. The van der Waals surface area contributed by atoms with Crippen LogP contribution in [0.2, 0.25) is 5.02 Å². The van der Waals surface area contributed by atoms with Crippen LogP contribution in [0.1, 0.15) is 21.6 Å². The molecule has 1 N–H and O–H groups in total. The van der Waals surface area contributed by atoms with Gasteiger partial charge in [-0.2, -0.15) is 0 Å². The van der Waals surface area contributed by atoms with Crippen molar-refractivity contribution in [3.8, 4) is 5.69 Å². The molecule has 3 aromatic rings. The van der Waals surface area contributed by atoms with Gasteiger partial charge in [-0.1, -0.05) is 29.8 Å². The third kappa shape index (κ3) is 3.43.